The van der Waals surface area contributed by atoms with Gasteiger partial charge in [-0.1, -0.05) is 42.5 Å². The van der Waals surface area contributed by atoms with Crippen molar-refractivity contribution in [3.8, 4) is 0 Å². The van der Waals surface area contributed by atoms with Crippen LogP contribution in [0.1, 0.15) is 23.5 Å². The molecule has 2 aromatic carbocycles. The lowest BCUT2D eigenvalue weighted by Crippen LogP contribution is -2.30. The summed E-state index contributed by atoms with van der Waals surface area (Å²) in [6.07, 6.45) is 0.737. The second-order valence-corrected chi connectivity index (χ2v) is 5.52. The Hall–Kier alpha value is -2.73. The summed E-state index contributed by atoms with van der Waals surface area (Å²) in [7, 11) is 0. The molecule has 0 aliphatic carbocycles. The average Bonchev–Trinajstić information content (AvgIpc) is 2.60. The third kappa shape index (κ3) is 5.17. The number of nitrogens with zero attached hydrogens (tertiary/aromatic N) is 1. The number of hydrogen-bond acceptors (Lipinski definition) is 4. The zero-order chi connectivity index (χ0) is 17.4. The third-order valence-electron chi connectivity index (χ3n) is 3.81. The van der Waals surface area contributed by atoms with Gasteiger partial charge < -0.3 is 10.4 Å². The monoisotopic (exact) mass is 328 g/mol. The van der Waals surface area contributed by atoms with Crippen LogP contribution in [0.5, 0.6) is 0 Å². The molecule has 0 aliphatic heterocycles. The predicted molar refractivity (Wildman–Crippen MR) is 90.7 cm³/mol. The van der Waals surface area contributed by atoms with Gasteiger partial charge in [0.1, 0.15) is 0 Å². The van der Waals surface area contributed by atoms with Gasteiger partial charge in [0.05, 0.1) is 11.3 Å². The zero-order valence-electron chi connectivity index (χ0n) is 13.2. The molecule has 2 aromatic rings. The Morgan fingerprint density at radius 2 is 1.79 bits per heavy atom. The van der Waals surface area contributed by atoms with E-state index in [2.05, 4.69) is 5.32 Å². The SMILES string of the molecule is O=C(Cc1ccc([N+](=O)[O-])cc1)NCC(CCO)c1ccccc1. The van der Waals surface area contributed by atoms with Crippen molar-refractivity contribution in [2.45, 2.75) is 18.8 Å². The Balaban J connectivity index is 1.90. The molecule has 0 saturated heterocycles. The molecule has 24 heavy (non-hydrogen) atoms. The molecule has 6 heteroatoms. The molecule has 0 saturated carbocycles. The molecule has 1 atom stereocenters. The molecule has 0 heterocycles. The van der Waals surface area contributed by atoms with Gasteiger partial charge >= 0.3 is 0 Å². The second-order valence-electron chi connectivity index (χ2n) is 5.52. The van der Waals surface area contributed by atoms with Crippen molar-refractivity contribution >= 4 is 11.6 Å². The van der Waals surface area contributed by atoms with Gasteiger partial charge in [-0.15, -0.1) is 0 Å². The van der Waals surface area contributed by atoms with E-state index in [9.17, 15) is 20.0 Å². The summed E-state index contributed by atoms with van der Waals surface area (Å²) in [4.78, 5) is 22.2. The van der Waals surface area contributed by atoms with Gasteiger partial charge in [-0.3, -0.25) is 14.9 Å². The minimum atomic E-state index is -0.469. The van der Waals surface area contributed by atoms with E-state index in [1.165, 1.54) is 12.1 Å². The molecule has 0 spiro atoms. The quantitative estimate of drug-likeness (QED) is 0.575. The molecule has 126 valence electrons. The largest absolute Gasteiger partial charge is 0.396 e. The van der Waals surface area contributed by atoms with Crippen LogP contribution >= 0.6 is 0 Å². The number of benzene rings is 2. The lowest BCUT2D eigenvalue weighted by Gasteiger charge is -2.17. The fraction of sp³-hybridized carbons (Fsp3) is 0.278. The highest BCUT2D eigenvalue weighted by Gasteiger charge is 2.13. The van der Waals surface area contributed by atoms with E-state index >= 15 is 0 Å². The van der Waals surface area contributed by atoms with Crippen LogP contribution in [0.15, 0.2) is 54.6 Å². The van der Waals surface area contributed by atoms with Gasteiger partial charge in [0.2, 0.25) is 5.91 Å². The number of carbonyl (C=O) groups is 1. The minimum absolute atomic E-state index is 0.00578. The number of carbonyl (C=O) groups excluding carboxylic acids is 1. The first kappa shape index (κ1) is 17.6. The maximum Gasteiger partial charge on any atom is 0.269 e. The predicted octanol–water partition coefficient (Wildman–Crippen LogP) is 2.42. The van der Waals surface area contributed by atoms with E-state index in [4.69, 9.17) is 0 Å². The molecule has 0 radical (unpaired) electrons. The van der Waals surface area contributed by atoms with Gasteiger partial charge in [0.15, 0.2) is 0 Å². The first-order valence-corrected chi connectivity index (χ1v) is 7.76. The number of nitrogens with one attached hydrogen (secondary N) is 1. The van der Waals surface area contributed by atoms with Gasteiger partial charge in [0.25, 0.3) is 5.69 Å². The summed E-state index contributed by atoms with van der Waals surface area (Å²) >= 11 is 0. The molecular weight excluding hydrogens is 308 g/mol. The number of aliphatic hydroxyl groups excluding tert-OH is 1. The molecule has 1 amide bonds. The summed E-state index contributed by atoms with van der Waals surface area (Å²) in [5, 5.41) is 22.7. The molecule has 0 fully saturated rings. The van der Waals surface area contributed by atoms with Crippen molar-refractivity contribution in [3.05, 3.63) is 75.8 Å². The Morgan fingerprint density at radius 1 is 1.12 bits per heavy atom. The van der Waals surface area contributed by atoms with Crippen molar-refractivity contribution in [2.24, 2.45) is 0 Å². The molecule has 0 aliphatic rings. The molecule has 0 bridgehead atoms. The van der Waals surface area contributed by atoms with Gasteiger partial charge in [-0.25, -0.2) is 0 Å². The fourth-order valence-corrected chi connectivity index (χ4v) is 2.49. The smallest absolute Gasteiger partial charge is 0.269 e. The van der Waals surface area contributed by atoms with Crippen LogP contribution < -0.4 is 5.32 Å². The molecule has 0 aromatic heterocycles. The topological polar surface area (TPSA) is 92.5 Å². The number of nitro benzene ring substituents is 1. The highest BCUT2D eigenvalue weighted by atomic mass is 16.6. The number of amides is 1. The highest BCUT2D eigenvalue weighted by molar-refractivity contribution is 5.78. The van der Waals surface area contributed by atoms with Crippen molar-refractivity contribution in [2.75, 3.05) is 13.2 Å². The standard InChI is InChI=1S/C18H20N2O4/c21-11-10-16(15-4-2-1-3-5-15)13-19-18(22)12-14-6-8-17(9-7-14)20(23)24/h1-9,16,21H,10-13H2,(H,19,22). The van der Waals surface area contributed by atoms with E-state index in [1.807, 2.05) is 30.3 Å². The van der Waals surface area contributed by atoms with Crippen LogP contribution in [0.25, 0.3) is 0 Å². The highest BCUT2D eigenvalue weighted by Crippen LogP contribution is 2.18. The third-order valence-corrected chi connectivity index (χ3v) is 3.81. The van der Waals surface area contributed by atoms with Gasteiger partial charge in [-0.05, 0) is 17.5 Å². The van der Waals surface area contributed by atoms with E-state index in [0.29, 0.717) is 13.0 Å². The Labute approximate surface area is 140 Å². The van der Waals surface area contributed by atoms with E-state index in [0.717, 1.165) is 11.1 Å². The van der Waals surface area contributed by atoms with Crippen LogP contribution in [0.2, 0.25) is 0 Å². The van der Waals surface area contributed by atoms with Crippen LogP contribution in [-0.4, -0.2) is 29.1 Å². The molecule has 1 unspecified atom stereocenters. The molecular formula is C18H20N2O4. The van der Waals surface area contributed by atoms with E-state index < -0.39 is 4.92 Å². The van der Waals surface area contributed by atoms with Crippen LogP contribution in [-0.2, 0) is 11.2 Å². The van der Waals surface area contributed by atoms with Crippen molar-refractivity contribution in [3.63, 3.8) is 0 Å². The molecule has 6 nitrogen and oxygen atoms in total. The number of rotatable bonds is 8. The summed E-state index contributed by atoms with van der Waals surface area (Å²) in [5.74, 6) is -0.0975. The van der Waals surface area contributed by atoms with Crippen LogP contribution in [0.3, 0.4) is 0 Å². The summed E-state index contributed by atoms with van der Waals surface area (Å²) < 4.78 is 0. The fourth-order valence-electron chi connectivity index (χ4n) is 2.49. The number of nitro groups is 1. The van der Waals surface area contributed by atoms with E-state index in [-0.39, 0.29) is 30.5 Å². The first-order chi connectivity index (χ1) is 11.6. The normalized spacial score (nSPS) is 11.7. The minimum Gasteiger partial charge on any atom is -0.396 e. The van der Waals surface area contributed by atoms with Crippen molar-refractivity contribution < 1.29 is 14.8 Å². The lowest BCUT2D eigenvalue weighted by atomic mass is 9.96. The van der Waals surface area contributed by atoms with E-state index in [1.54, 1.807) is 12.1 Å². The van der Waals surface area contributed by atoms with Crippen LogP contribution in [0, 0.1) is 10.1 Å². The Kier molecular flexibility index (Phi) is 6.45. The summed E-state index contributed by atoms with van der Waals surface area (Å²) in [6.45, 7) is 0.494. The molecule has 2 N–H and O–H groups in total. The molecule has 2 rings (SSSR count). The number of non-ortho nitro benzene ring substituents is 1. The maximum absolute atomic E-state index is 12.1. The van der Waals surface area contributed by atoms with Crippen LogP contribution in [0.4, 0.5) is 5.69 Å². The van der Waals surface area contributed by atoms with Crippen molar-refractivity contribution in [1.29, 1.82) is 0 Å². The zero-order valence-corrected chi connectivity index (χ0v) is 13.2. The second kappa shape index (κ2) is 8.79. The average molecular weight is 328 g/mol. The van der Waals surface area contributed by atoms with Crippen molar-refractivity contribution in [1.82, 2.24) is 5.32 Å². The Bertz CT molecular complexity index is 671. The Morgan fingerprint density at radius 3 is 2.38 bits per heavy atom. The van der Waals surface area contributed by atoms with Gasteiger partial charge in [-0.2, -0.15) is 0 Å². The summed E-state index contributed by atoms with van der Waals surface area (Å²) in [5.41, 5.74) is 1.80. The van der Waals surface area contributed by atoms with Gasteiger partial charge in [0, 0.05) is 31.2 Å². The maximum atomic E-state index is 12.1. The first-order valence-electron chi connectivity index (χ1n) is 7.76. The number of hydrogen-bond donors (Lipinski definition) is 2. The lowest BCUT2D eigenvalue weighted by molar-refractivity contribution is -0.384. The number of aliphatic hydroxyl groups is 1. The summed E-state index contributed by atoms with van der Waals surface area (Å²) in [6, 6.07) is 15.7.